The fraction of sp³-hybridized carbons (Fsp3) is 0.533. The monoisotopic (exact) mass is 295 g/mol. The fourth-order valence-corrected chi connectivity index (χ4v) is 3.96. The summed E-state index contributed by atoms with van der Waals surface area (Å²) in [6.07, 6.45) is 2.25. The molecule has 110 valence electrons. The first-order valence-electron chi connectivity index (χ1n) is 7.02. The Labute approximate surface area is 120 Å². The molecular formula is C15H21NO3S. The third kappa shape index (κ3) is 3.39. The van der Waals surface area contributed by atoms with Crippen molar-refractivity contribution in [3.63, 3.8) is 0 Å². The van der Waals surface area contributed by atoms with Gasteiger partial charge in [-0.15, -0.1) is 0 Å². The molecule has 0 saturated carbocycles. The number of rotatable bonds is 4. The Hall–Kier alpha value is -1.36. The lowest BCUT2D eigenvalue weighted by molar-refractivity contribution is -0.123. The summed E-state index contributed by atoms with van der Waals surface area (Å²) in [6, 6.07) is 5.53. The topological polar surface area (TPSA) is 63.2 Å². The minimum atomic E-state index is -3.07. The number of hydrogen-bond donors (Lipinski definition) is 1. The standard InChI is InChI=1S/C15H21NO3S/c1-11(2)15(17)16-8-7-12-5-6-14-13(10-12)4-3-9-20(14,18)19/h5-6,10-11H,3-4,7-9H2,1-2H3,(H,16,17). The van der Waals surface area contributed by atoms with Crippen molar-refractivity contribution in [2.45, 2.75) is 38.0 Å². The first-order valence-corrected chi connectivity index (χ1v) is 8.67. The molecule has 0 atom stereocenters. The van der Waals surface area contributed by atoms with Crippen molar-refractivity contribution in [2.24, 2.45) is 5.92 Å². The summed E-state index contributed by atoms with van der Waals surface area (Å²) in [5.41, 5.74) is 1.99. The average Bonchev–Trinajstić information content (AvgIpc) is 2.37. The highest BCUT2D eigenvalue weighted by molar-refractivity contribution is 7.91. The number of amides is 1. The van der Waals surface area contributed by atoms with Gasteiger partial charge in [-0.3, -0.25) is 4.79 Å². The zero-order chi connectivity index (χ0) is 14.8. The zero-order valence-corrected chi connectivity index (χ0v) is 12.8. The van der Waals surface area contributed by atoms with Crippen LogP contribution in [0.4, 0.5) is 0 Å². The van der Waals surface area contributed by atoms with Crippen molar-refractivity contribution in [2.75, 3.05) is 12.3 Å². The summed E-state index contributed by atoms with van der Waals surface area (Å²) in [6.45, 7) is 4.31. The first-order chi connectivity index (χ1) is 9.40. The van der Waals surface area contributed by atoms with Crippen molar-refractivity contribution >= 4 is 15.7 Å². The van der Waals surface area contributed by atoms with Gasteiger partial charge in [-0.25, -0.2) is 8.42 Å². The molecule has 1 N–H and O–H groups in total. The number of carbonyl (C=O) groups is 1. The highest BCUT2D eigenvalue weighted by Crippen LogP contribution is 2.25. The van der Waals surface area contributed by atoms with Gasteiger partial charge in [0.25, 0.3) is 0 Å². The van der Waals surface area contributed by atoms with E-state index in [2.05, 4.69) is 5.32 Å². The number of sulfone groups is 1. The Balaban J connectivity index is 2.03. The maximum atomic E-state index is 11.9. The van der Waals surface area contributed by atoms with Gasteiger partial charge < -0.3 is 5.32 Å². The van der Waals surface area contributed by atoms with E-state index in [0.29, 0.717) is 17.9 Å². The SMILES string of the molecule is CC(C)C(=O)NCCc1ccc2c(c1)CCCS2(=O)=O. The second-order valence-corrected chi connectivity index (χ2v) is 7.64. The minimum Gasteiger partial charge on any atom is -0.356 e. The molecule has 1 aromatic rings. The van der Waals surface area contributed by atoms with E-state index in [1.807, 2.05) is 26.0 Å². The molecule has 5 heteroatoms. The van der Waals surface area contributed by atoms with E-state index in [4.69, 9.17) is 0 Å². The van der Waals surface area contributed by atoms with Crippen LogP contribution in [0.25, 0.3) is 0 Å². The first kappa shape index (κ1) is 15.0. The molecule has 1 heterocycles. The summed E-state index contributed by atoms with van der Waals surface area (Å²) in [4.78, 5) is 11.9. The van der Waals surface area contributed by atoms with Crippen molar-refractivity contribution in [3.05, 3.63) is 29.3 Å². The third-order valence-corrected chi connectivity index (χ3v) is 5.45. The molecule has 4 nitrogen and oxygen atoms in total. The van der Waals surface area contributed by atoms with Crippen LogP contribution in [0.3, 0.4) is 0 Å². The van der Waals surface area contributed by atoms with Crippen molar-refractivity contribution in [3.8, 4) is 0 Å². The summed E-state index contributed by atoms with van der Waals surface area (Å²) in [5.74, 6) is 0.290. The molecule has 0 aliphatic carbocycles. The predicted octanol–water partition coefficient (Wildman–Crippen LogP) is 1.72. The van der Waals surface area contributed by atoms with E-state index in [0.717, 1.165) is 24.0 Å². The lowest BCUT2D eigenvalue weighted by atomic mass is 10.0. The second kappa shape index (κ2) is 5.95. The van der Waals surface area contributed by atoms with Gasteiger partial charge >= 0.3 is 0 Å². The van der Waals surface area contributed by atoms with Crippen molar-refractivity contribution < 1.29 is 13.2 Å². The normalized spacial score (nSPS) is 16.8. The molecule has 1 aliphatic rings. The molecule has 0 bridgehead atoms. The molecule has 0 unspecified atom stereocenters. The van der Waals surface area contributed by atoms with Crippen LogP contribution in [-0.4, -0.2) is 26.6 Å². The summed E-state index contributed by atoms with van der Waals surface area (Å²) >= 11 is 0. The largest absolute Gasteiger partial charge is 0.356 e. The van der Waals surface area contributed by atoms with E-state index >= 15 is 0 Å². The van der Waals surface area contributed by atoms with Gasteiger partial charge in [-0.2, -0.15) is 0 Å². The Morgan fingerprint density at radius 3 is 2.80 bits per heavy atom. The van der Waals surface area contributed by atoms with E-state index in [1.54, 1.807) is 6.07 Å². The molecule has 20 heavy (non-hydrogen) atoms. The van der Waals surface area contributed by atoms with Gasteiger partial charge in [0.05, 0.1) is 10.6 Å². The van der Waals surface area contributed by atoms with Gasteiger partial charge in [-0.05, 0) is 36.5 Å². The Kier molecular flexibility index (Phi) is 4.48. The van der Waals surface area contributed by atoms with E-state index in [1.165, 1.54) is 0 Å². The van der Waals surface area contributed by atoms with Crippen LogP contribution in [0.1, 0.15) is 31.4 Å². The molecule has 0 aromatic heterocycles. The van der Waals surface area contributed by atoms with E-state index in [9.17, 15) is 13.2 Å². The Morgan fingerprint density at radius 1 is 1.35 bits per heavy atom. The van der Waals surface area contributed by atoms with Crippen molar-refractivity contribution in [1.29, 1.82) is 0 Å². The van der Waals surface area contributed by atoms with Crippen LogP contribution >= 0.6 is 0 Å². The highest BCUT2D eigenvalue weighted by atomic mass is 32.2. The second-order valence-electron chi connectivity index (χ2n) is 5.56. The van der Waals surface area contributed by atoms with Crippen LogP contribution in [0.2, 0.25) is 0 Å². The van der Waals surface area contributed by atoms with E-state index < -0.39 is 9.84 Å². The van der Waals surface area contributed by atoms with Crippen LogP contribution in [0.5, 0.6) is 0 Å². The molecule has 0 saturated heterocycles. The number of nitrogens with one attached hydrogen (secondary N) is 1. The quantitative estimate of drug-likeness (QED) is 0.920. The van der Waals surface area contributed by atoms with Crippen LogP contribution in [0.15, 0.2) is 23.1 Å². The minimum absolute atomic E-state index is 0.0105. The van der Waals surface area contributed by atoms with Gasteiger partial charge in [0.2, 0.25) is 5.91 Å². The number of benzene rings is 1. The summed E-state index contributed by atoms with van der Waals surface area (Å²) in [7, 11) is -3.07. The maximum Gasteiger partial charge on any atom is 0.222 e. The molecule has 1 aliphatic heterocycles. The van der Waals surface area contributed by atoms with Crippen molar-refractivity contribution in [1.82, 2.24) is 5.32 Å². The fourth-order valence-electron chi connectivity index (χ4n) is 2.38. The van der Waals surface area contributed by atoms with Gasteiger partial charge in [-0.1, -0.05) is 26.0 Å². The zero-order valence-electron chi connectivity index (χ0n) is 12.0. The molecule has 1 amide bonds. The highest BCUT2D eigenvalue weighted by Gasteiger charge is 2.23. The number of aryl methyl sites for hydroxylation is 1. The van der Waals surface area contributed by atoms with Crippen LogP contribution in [-0.2, 0) is 27.5 Å². The molecule has 2 rings (SSSR count). The van der Waals surface area contributed by atoms with Crippen LogP contribution < -0.4 is 5.32 Å². The third-order valence-electron chi connectivity index (χ3n) is 3.56. The summed E-state index contributed by atoms with van der Waals surface area (Å²) < 4.78 is 23.8. The van der Waals surface area contributed by atoms with Gasteiger partial charge in [0, 0.05) is 12.5 Å². The molecule has 0 radical (unpaired) electrons. The molecule has 0 spiro atoms. The Morgan fingerprint density at radius 2 is 2.10 bits per heavy atom. The average molecular weight is 295 g/mol. The number of hydrogen-bond acceptors (Lipinski definition) is 3. The van der Waals surface area contributed by atoms with Gasteiger partial charge in [0.1, 0.15) is 0 Å². The van der Waals surface area contributed by atoms with Crippen LogP contribution in [0, 0.1) is 5.92 Å². The smallest absolute Gasteiger partial charge is 0.222 e. The molecule has 0 fully saturated rings. The number of fused-ring (bicyclic) bond motifs is 1. The Bertz CT molecular complexity index is 606. The lowest BCUT2D eigenvalue weighted by Gasteiger charge is -2.17. The molecule has 1 aromatic carbocycles. The lowest BCUT2D eigenvalue weighted by Crippen LogP contribution is -2.29. The number of carbonyl (C=O) groups excluding carboxylic acids is 1. The maximum absolute atomic E-state index is 11.9. The summed E-state index contributed by atoms with van der Waals surface area (Å²) in [5, 5.41) is 2.87. The van der Waals surface area contributed by atoms with Gasteiger partial charge in [0.15, 0.2) is 9.84 Å². The van der Waals surface area contributed by atoms with E-state index in [-0.39, 0.29) is 17.6 Å². The molecular weight excluding hydrogens is 274 g/mol. The predicted molar refractivity (Wildman–Crippen MR) is 78.4 cm³/mol.